The molecule has 1 aliphatic heterocycles. The summed E-state index contributed by atoms with van der Waals surface area (Å²) in [5.74, 6) is 0.104. The summed E-state index contributed by atoms with van der Waals surface area (Å²) in [6.07, 6.45) is 1.63. The van der Waals surface area contributed by atoms with Gasteiger partial charge in [0.05, 0.1) is 0 Å². The number of hydrogen-bond acceptors (Lipinski definition) is 3. The van der Waals surface area contributed by atoms with Crippen molar-refractivity contribution in [3.8, 4) is 0 Å². The number of carbonyl (C=O) groups excluding carboxylic acids is 2. The van der Waals surface area contributed by atoms with E-state index in [4.69, 9.17) is 4.74 Å². The van der Waals surface area contributed by atoms with Gasteiger partial charge in [0.2, 0.25) is 0 Å². The number of likely N-dealkylation sites (tertiary alicyclic amines) is 1. The van der Waals surface area contributed by atoms with Crippen LogP contribution < -0.4 is 0 Å². The van der Waals surface area contributed by atoms with Crippen molar-refractivity contribution in [2.24, 2.45) is 5.41 Å². The summed E-state index contributed by atoms with van der Waals surface area (Å²) < 4.78 is 5.61. The van der Waals surface area contributed by atoms with Crippen molar-refractivity contribution in [3.05, 3.63) is 35.9 Å². The second-order valence-electron chi connectivity index (χ2n) is 9.01. The molecule has 1 heterocycles. The highest BCUT2D eigenvalue weighted by Crippen LogP contribution is 2.39. The second-order valence-corrected chi connectivity index (χ2v) is 9.01. The van der Waals surface area contributed by atoms with Gasteiger partial charge in [0.1, 0.15) is 11.1 Å². The van der Waals surface area contributed by atoms with E-state index < -0.39 is 22.6 Å². The first-order chi connectivity index (χ1) is 11.5. The molecule has 0 N–H and O–H groups in total. The summed E-state index contributed by atoms with van der Waals surface area (Å²) >= 11 is 0. The van der Waals surface area contributed by atoms with E-state index in [1.807, 2.05) is 71.9 Å². The van der Waals surface area contributed by atoms with Crippen molar-refractivity contribution in [2.75, 3.05) is 6.54 Å². The molecule has 1 unspecified atom stereocenters. The Kier molecular flexibility index (Phi) is 5.31. The highest BCUT2D eigenvalue weighted by molar-refractivity contribution is 5.96. The zero-order chi connectivity index (χ0) is 18.9. The number of rotatable bonds is 3. The summed E-state index contributed by atoms with van der Waals surface area (Å²) in [6, 6.07) is 9.93. The molecule has 0 aliphatic carbocycles. The number of hydrogen-bond donors (Lipinski definition) is 0. The predicted octanol–water partition coefficient (Wildman–Crippen LogP) is 4.61. The van der Waals surface area contributed by atoms with E-state index in [1.165, 1.54) is 0 Å². The Morgan fingerprint density at radius 3 is 2.20 bits per heavy atom. The van der Waals surface area contributed by atoms with Crippen LogP contribution >= 0.6 is 0 Å². The molecule has 2 rings (SSSR count). The lowest BCUT2D eigenvalue weighted by molar-refractivity contribution is -0.137. The van der Waals surface area contributed by atoms with E-state index in [-0.39, 0.29) is 5.78 Å². The molecule has 1 atom stereocenters. The third kappa shape index (κ3) is 4.42. The minimum atomic E-state index is -0.831. The number of Topliss-reactive ketones (excluding diaryl/α,β-unsaturated/α-hetero) is 1. The lowest BCUT2D eigenvalue weighted by Gasteiger charge is -2.41. The molecule has 1 saturated heterocycles. The van der Waals surface area contributed by atoms with Crippen molar-refractivity contribution in [1.82, 2.24) is 4.90 Å². The topological polar surface area (TPSA) is 46.6 Å². The maximum Gasteiger partial charge on any atom is 0.411 e. The van der Waals surface area contributed by atoms with Crippen LogP contribution in [0, 0.1) is 5.41 Å². The van der Waals surface area contributed by atoms with Gasteiger partial charge in [-0.1, -0.05) is 51.1 Å². The minimum Gasteiger partial charge on any atom is -0.444 e. The standard InChI is InChI=1S/C21H31NO3/c1-19(2,3)17(23)21(15-16-11-8-7-9-12-16)13-10-14-22(21)18(24)25-20(4,5)6/h7-9,11-12H,10,13-15H2,1-6H3. The lowest BCUT2D eigenvalue weighted by Crippen LogP contribution is -2.58. The molecule has 4 nitrogen and oxygen atoms in total. The number of benzene rings is 1. The van der Waals surface area contributed by atoms with Crippen LogP contribution in [0.5, 0.6) is 0 Å². The van der Waals surface area contributed by atoms with Crippen LogP contribution in [0.1, 0.15) is 59.9 Å². The molecule has 1 aliphatic rings. The Balaban J connectivity index is 2.43. The molecule has 0 aromatic heterocycles. The Bertz CT molecular complexity index is 625. The molecule has 0 radical (unpaired) electrons. The zero-order valence-electron chi connectivity index (χ0n) is 16.4. The monoisotopic (exact) mass is 345 g/mol. The van der Waals surface area contributed by atoms with Gasteiger partial charge in [-0.25, -0.2) is 4.79 Å². The minimum absolute atomic E-state index is 0.104. The van der Waals surface area contributed by atoms with Gasteiger partial charge in [0.15, 0.2) is 5.78 Å². The van der Waals surface area contributed by atoms with Crippen molar-refractivity contribution in [1.29, 1.82) is 0 Å². The fourth-order valence-electron chi connectivity index (χ4n) is 3.59. The SMILES string of the molecule is CC(C)(C)OC(=O)N1CCCC1(Cc1ccccc1)C(=O)C(C)(C)C. The number of nitrogens with zero attached hydrogens (tertiary/aromatic N) is 1. The van der Waals surface area contributed by atoms with Gasteiger partial charge < -0.3 is 4.74 Å². The van der Waals surface area contributed by atoms with Gasteiger partial charge in [-0.2, -0.15) is 0 Å². The Morgan fingerprint density at radius 1 is 1.08 bits per heavy atom. The van der Waals surface area contributed by atoms with Crippen molar-refractivity contribution < 1.29 is 14.3 Å². The maximum absolute atomic E-state index is 13.4. The third-order valence-electron chi connectivity index (χ3n) is 4.55. The molecular weight excluding hydrogens is 314 g/mol. The molecule has 1 fully saturated rings. The van der Waals surface area contributed by atoms with Gasteiger partial charge in [0, 0.05) is 18.4 Å². The normalized spacial score (nSPS) is 21.3. The quantitative estimate of drug-likeness (QED) is 0.803. The largest absolute Gasteiger partial charge is 0.444 e. The fourth-order valence-corrected chi connectivity index (χ4v) is 3.59. The first kappa shape index (κ1) is 19.5. The number of ketones is 1. The van der Waals surface area contributed by atoms with Crippen molar-refractivity contribution in [2.45, 2.75) is 71.9 Å². The van der Waals surface area contributed by atoms with Gasteiger partial charge in [0.25, 0.3) is 0 Å². The molecule has 0 saturated carbocycles. The van der Waals surface area contributed by atoms with E-state index in [9.17, 15) is 9.59 Å². The lowest BCUT2D eigenvalue weighted by atomic mass is 9.73. The maximum atomic E-state index is 13.4. The number of amides is 1. The summed E-state index contributed by atoms with van der Waals surface area (Å²) in [5.41, 5.74) is -0.875. The molecule has 0 bridgehead atoms. The smallest absolute Gasteiger partial charge is 0.411 e. The van der Waals surface area contributed by atoms with Crippen LogP contribution in [-0.4, -0.2) is 34.5 Å². The fraction of sp³-hybridized carbons (Fsp3) is 0.619. The predicted molar refractivity (Wildman–Crippen MR) is 99.5 cm³/mol. The Morgan fingerprint density at radius 2 is 1.68 bits per heavy atom. The molecule has 1 aromatic rings. The van der Waals surface area contributed by atoms with E-state index in [2.05, 4.69) is 0 Å². The second kappa shape index (κ2) is 6.81. The highest BCUT2D eigenvalue weighted by Gasteiger charge is 2.53. The Hall–Kier alpha value is -1.84. The van der Waals surface area contributed by atoms with Crippen LogP contribution in [0.4, 0.5) is 4.79 Å². The zero-order valence-corrected chi connectivity index (χ0v) is 16.4. The summed E-state index contributed by atoms with van der Waals surface area (Å²) in [4.78, 5) is 28.0. The molecule has 1 aromatic carbocycles. The van der Waals surface area contributed by atoms with E-state index in [1.54, 1.807) is 4.90 Å². The average Bonchev–Trinajstić information content (AvgIpc) is 2.89. The van der Waals surface area contributed by atoms with Crippen molar-refractivity contribution >= 4 is 11.9 Å². The van der Waals surface area contributed by atoms with Crippen LogP contribution in [-0.2, 0) is 16.0 Å². The molecule has 4 heteroatoms. The van der Waals surface area contributed by atoms with E-state index in [0.717, 1.165) is 12.0 Å². The van der Waals surface area contributed by atoms with Gasteiger partial charge in [-0.15, -0.1) is 0 Å². The molecule has 1 amide bonds. The summed E-state index contributed by atoms with van der Waals surface area (Å²) in [5, 5.41) is 0. The van der Waals surface area contributed by atoms with Crippen LogP contribution in [0.3, 0.4) is 0 Å². The Labute approximate surface area is 151 Å². The van der Waals surface area contributed by atoms with Crippen LogP contribution in [0.2, 0.25) is 0 Å². The summed E-state index contributed by atoms with van der Waals surface area (Å²) in [7, 11) is 0. The third-order valence-corrected chi connectivity index (χ3v) is 4.55. The molecule has 0 spiro atoms. The highest BCUT2D eigenvalue weighted by atomic mass is 16.6. The van der Waals surface area contributed by atoms with Crippen molar-refractivity contribution in [3.63, 3.8) is 0 Å². The van der Waals surface area contributed by atoms with Gasteiger partial charge >= 0.3 is 6.09 Å². The molecule has 138 valence electrons. The van der Waals surface area contributed by atoms with Crippen LogP contribution in [0.15, 0.2) is 30.3 Å². The first-order valence-corrected chi connectivity index (χ1v) is 9.05. The number of carbonyl (C=O) groups is 2. The van der Waals surface area contributed by atoms with Gasteiger partial charge in [-0.3, -0.25) is 9.69 Å². The van der Waals surface area contributed by atoms with E-state index >= 15 is 0 Å². The van der Waals surface area contributed by atoms with Crippen LogP contribution in [0.25, 0.3) is 0 Å². The van der Waals surface area contributed by atoms with E-state index in [0.29, 0.717) is 19.4 Å². The molecular formula is C21H31NO3. The average molecular weight is 345 g/mol. The first-order valence-electron chi connectivity index (χ1n) is 9.05. The van der Waals surface area contributed by atoms with Gasteiger partial charge in [-0.05, 0) is 39.2 Å². The molecule has 25 heavy (non-hydrogen) atoms. The number of ether oxygens (including phenoxy) is 1. The summed E-state index contributed by atoms with van der Waals surface area (Å²) in [6.45, 7) is 11.9.